The highest BCUT2D eigenvalue weighted by Gasteiger charge is 2.29. The van der Waals surface area contributed by atoms with Gasteiger partial charge in [0.05, 0.1) is 23.4 Å². The molecule has 8 nitrogen and oxygen atoms in total. The Labute approximate surface area is 161 Å². The number of carbonyl (C=O) groups is 2. The molecule has 2 aromatic heterocycles. The Kier molecular flexibility index (Phi) is 5.22. The van der Waals surface area contributed by atoms with E-state index in [1.807, 2.05) is 6.92 Å². The highest BCUT2D eigenvalue weighted by atomic mass is 32.1. The lowest BCUT2D eigenvalue weighted by Crippen LogP contribution is -2.38. The zero-order valence-electron chi connectivity index (χ0n) is 15.2. The Morgan fingerprint density at radius 3 is 2.89 bits per heavy atom. The molecule has 0 aromatic carbocycles. The third-order valence-electron chi connectivity index (χ3n) is 5.10. The maximum absolute atomic E-state index is 12.6. The van der Waals surface area contributed by atoms with Gasteiger partial charge in [0.25, 0.3) is 11.8 Å². The Morgan fingerprint density at radius 1 is 1.33 bits per heavy atom. The van der Waals surface area contributed by atoms with Crippen molar-refractivity contribution in [2.75, 3.05) is 6.54 Å². The maximum Gasteiger partial charge on any atom is 0.272 e. The number of H-pyrrole nitrogens is 1. The zero-order valence-corrected chi connectivity index (χ0v) is 16.0. The molecule has 3 heterocycles. The van der Waals surface area contributed by atoms with Crippen molar-refractivity contribution in [2.24, 2.45) is 0 Å². The quantitative estimate of drug-likeness (QED) is 0.721. The molecule has 144 valence electrons. The lowest BCUT2D eigenvalue weighted by atomic mass is 10.0. The van der Waals surface area contributed by atoms with E-state index in [0.717, 1.165) is 41.9 Å². The van der Waals surface area contributed by atoms with Crippen LogP contribution < -0.4 is 10.6 Å². The molecule has 0 radical (unpaired) electrons. The minimum atomic E-state index is -0.208. The molecule has 1 fully saturated rings. The van der Waals surface area contributed by atoms with Crippen molar-refractivity contribution in [3.8, 4) is 0 Å². The molecule has 1 saturated carbocycles. The van der Waals surface area contributed by atoms with E-state index in [0.29, 0.717) is 31.0 Å². The summed E-state index contributed by atoms with van der Waals surface area (Å²) >= 11 is 1.44. The van der Waals surface area contributed by atoms with Gasteiger partial charge in [-0.05, 0) is 19.8 Å². The number of fused-ring (bicyclic) bond motifs is 1. The standard InChI is InChI=1S/C18H23N5O3S/c1-10-20-15(9-27-10)17(24)19-7-12-6-13-14(8-26-12)22-23-16(13)18(25)21-11-4-2-3-5-11/h9,11-12H,2-8H2,1H3,(H,19,24)(H,21,25)(H,22,23). The summed E-state index contributed by atoms with van der Waals surface area (Å²) in [5, 5.41) is 15.7. The smallest absolute Gasteiger partial charge is 0.272 e. The monoisotopic (exact) mass is 389 g/mol. The van der Waals surface area contributed by atoms with Crippen molar-refractivity contribution < 1.29 is 14.3 Å². The van der Waals surface area contributed by atoms with E-state index < -0.39 is 0 Å². The summed E-state index contributed by atoms with van der Waals surface area (Å²) in [4.78, 5) is 28.9. The Balaban J connectivity index is 1.36. The van der Waals surface area contributed by atoms with Gasteiger partial charge in [0.1, 0.15) is 5.69 Å². The number of rotatable bonds is 5. The number of hydrogen-bond donors (Lipinski definition) is 3. The Morgan fingerprint density at radius 2 is 2.15 bits per heavy atom. The third kappa shape index (κ3) is 4.03. The largest absolute Gasteiger partial charge is 0.370 e. The molecule has 0 saturated heterocycles. The van der Waals surface area contributed by atoms with Gasteiger partial charge in [0.2, 0.25) is 0 Å². The molecule has 1 aliphatic carbocycles. The normalized spacial score (nSPS) is 19.7. The van der Waals surface area contributed by atoms with Crippen LogP contribution in [0.25, 0.3) is 0 Å². The fourth-order valence-electron chi connectivity index (χ4n) is 3.64. The summed E-state index contributed by atoms with van der Waals surface area (Å²) in [5.74, 6) is -0.331. The summed E-state index contributed by atoms with van der Waals surface area (Å²) in [6.07, 6.45) is 4.74. The molecule has 4 rings (SSSR count). The number of aromatic nitrogens is 3. The van der Waals surface area contributed by atoms with E-state index in [4.69, 9.17) is 4.74 Å². The van der Waals surface area contributed by atoms with Crippen LogP contribution in [0, 0.1) is 6.92 Å². The molecule has 2 aliphatic rings. The van der Waals surface area contributed by atoms with Crippen molar-refractivity contribution in [2.45, 2.75) is 57.8 Å². The predicted molar refractivity (Wildman–Crippen MR) is 99.8 cm³/mol. The van der Waals surface area contributed by atoms with Crippen molar-refractivity contribution in [3.05, 3.63) is 33.0 Å². The number of aromatic amines is 1. The first-order chi connectivity index (χ1) is 13.1. The Bertz CT molecular complexity index is 840. The maximum atomic E-state index is 12.6. The number of nitrogens with zero attached hydrogens (tertiary/aromatic N) is 2. The van der Waals surface area contributed by atoms with Gasteiger partial charge in [-0.25, -0.2) is 4.98 Å². The molecular weight excluding hydrogens is 366 g/mol. The number of hydrogen-bond acceptors (Lipinski definition) is 6. The van der Waals surface area contributed by atoms with Crippen LogP contribution in [0.1, 0.15) is 62.9 Å². The summed E-state index contributed by atoms with van der Waals surface area (Å²) in [5.41, 5.74) is 2.60. The molecular formula is C18H23N5O3S. The zero-order chi connectivity index (χ0) is 18.8. The van der Waals surface area contributed by atoms with Gasteiger partial charge in [-0.15, -0.1) is 11.3 Å². The van der Waals surface area contributed by atoms with Gasteiger partial charge >= 0.3 is 0 Å². The van der Waals surface area contributed by atoms with Crippen LogP contribution in [0.4, 0.5) is 0 Å². The van der Waals surface area contributed by atoms with Gasteiger partial charge in [-0.3, -0.25) is 14.7 Å². The number of thiazole rings is 1. The van der Waals surface area contributed by atoms with E-state index in [1.165, 1.54) is 11.3 Å². The molecule has 1 aliphatic heterocycles. The molecule has 3 N–H and O–H groups in total. The molecule has 1 unspecified atom stereocenters. The third-order valence-corrected chi connectivity index (χ3v) is 5.87. The summed E-state index contributed by atoms with van der Waals surface area (Å²) in [6, 6.07) is 0.251. The minimum Gasteiger partial charge on any atom is -0.370 e. The first-order valence-electron chi connectivity index (χ1n) is 9.29. The number of amides is 2. The van der Waals surface area contributed by atoms with Gasteiger partial charge in [-0.2, -0.15) is 5.10 Å². The molecule has 9 heteroatoms. The lowest BCUT2D eigenvalue weighted by molar-refractivity contribution is 0.0265. The van der Waals surface area contributed by atoms with Gasteiger partial charge in [0, 0.05) is 30.0 Å². The number of aryl methyl sites for hydroxylation is 1. The van der Waals surface area contributed by atoms with Gasteiger partial charge in [0.15, 0.2) is 5.69 Å². The minimum absolute atomic E-state index is 0.123. The van der Waals surface area contributed by atoms with E-state index >= 15 is 0 Å². The molecule has 0 spiro atoms. The van der Waals surface area contributed by atoms with E-state index in [2.05, 4.69) is 25.8 Å². The first kappa shape index (κ1) is 18.1. The topological polar surface area (TPSA) is 109 Å². The second kappa shape index (κ2) is 7.77. The average Bonchev–Trinajstić information content (AvgIpc) is 3.40. The SMILES string of the molecule is Cc1nc(C(=O)NCC2Cc3c(C(=O)NC4CCCC4)n[nH]c3CO2)cs1. The second-order valence-corrected chi connectivity index (χ2v) is 8.15. The van der Waals surface area contributed by atoms with Crippen LogP contribution in [-0.2, 0) is 17.8 Å². The fourth-order valence-corrected chi connectivity index (χ4v) is 4.23. The molecule has 2 amide bonds. The van der Waals surface area contributed by atoms with Crippen LogP contribution in [0.3, 0.4) is 0 Å². The van der Waals surface area contributed by atoms with Crippen LogP contribution >= 0.6 is 11.3 Å². The lowest BCUT2D eigenvalue weighted by Gasteiger charge is -2.23. The van der Waals surface area contributed by atoms with Crippen molar-refractivity contribution >= 4 is 23.2 Å². The van der Waals surface area contributed by atoms with Crippen LogP contribution in [0.2, 0.25) is 0 Å². The first-order valence-corrected chi connectivity index (χ1v) is 10.2. The van der Waals surface area contributed by atoms with Gasteiger partial charge in [-0.1, -0.05) is 12.8 Å². The highest BCUT2D eigenvalue weighted by molar-refractivity contribution is 7.09. The second-order valence-electron chi connectivity index (χ2n) is 7.08. The summed E-state index contributed by atoms with van der Waals surface area (Å²) < 4.78 is 5.79. The summed E-state index contributed by atoms with van der Waals surface area (Å²) in [7, 11) is 0. The predicted octanol–water partition coefficient (Wildman–Crippen LogP) is 1.72. The fraction of sp³-hybridized carbons (Fsp3) is 0.556. The van der Waals surface area contributed by atoms with Crippen LogP contribution in [0.5, 0.6) is 0 Å². The van der Waals surface area contributed by atoms with Crippen LogP contribution in [0.15, 0.2) is 5.38 Å². The number of carbonyl (C=O) groups excluding carboxylic acids is 2. The van der Waals surface area contributed by atoms with Crippen LogP contribution in [-0.4, -0.2) is 45.7 Å². The number of nitrogens with one attached hydrogen (secondary N) is 3. The van der Waals surface area contributed by atoms with E-state index in [-0.39, 0.29) is 24.0 Å². The number of ether oxygens (including phenoxy) is 1. The van der Waals surface area contributed by atoms with E-state index in [9.17, 15) is 9.59 Å². The molecule has 27 heavy (non-hydrogen) atoms. The Hall–Kier alpha value is -2.26. The van der Waals surface area contributed by atoms with Crippen molar-refractivity contribution in [3.63, 3.8) is 0 Å². The van der Waals surface area contributed by atoms with Crippen molar-refractivity contribution in [1.29, 1.82) is 0 Å². The van der Waals surface area contributed by atoms with E-state index in [1.54, 1.807) is 5.38 Å². The average molecular weight is 389 g/mol. The summed E-state index contributed by atoms with van der Waals surface area (Å²) in [6.45, 7) is 2.59. The molecule has 0 bridgehead atoms. The highest BCUT2D eigenvalue weighted by Crippen LogP contribution is 2.23. The molecule has 2 aromatic rings. The molecule has 1 atom stereocenters. The van der Waals surface area contributed by atoms with Crippen molar-refractivity contribution in [1.82, 2.24) is 25.8 Å². The van der Waals surface area contributed by atoms with Gasteiger partial charge < -0.3 is 15.4 Å².